The van der Waals surface area contributed by atoms with Gasteiger partial charge in [-0.25, -0.2) is 0 Å². The van der Waals surface area contributed by atoms with Crippen molar-refractivity contribution >= 4 is 23.1 Å². The van der Waals surface area contributed by atoms with Gasteiger partial charge in [0, 0.05) is 24.8 Å². The van der Waals surface area contributed by atoms with Crippen LogP contribution < -0.4 is 10.2 Å². The minimum Gasteiger partial charge on any atom is -0.348 e. The lowest BCUT2D eigenvalue weighted by atomic mass is 10.1. The van der Waals surface area contributed by atoms with E-state index in [0.29, 0.717) is 35.3 Å². The fourth-order valence-electron chi connectivity index (χ4n) is 4.30. The summed E-state index contributed by atoms with van der Waals surface area (Å²) in [7, 11) is 0. The molecule has 10 nitrogen and oxygen atoms in total. The highest BCUT2D eigenvalue weighted by Crippen LogP contribution is 2.31. The van der Waals surface area contributed by atoms with Gasteiger partial charge in [-0.2, -0.15) is 4.98 Å². The van der Waals surface area contributed by atoms with Gasteiger partial charge in [0.25, 0.3) is 5.89 Å². The van der Waals surface area contributed by atoms with Crippen molar-refractivity contribution in [2.24, 2.45) is 5.92 Å². The van der Waals surface area contributed by atoms with E-state index >= 15 is 0 Å². The minimum absolute atomic E-state index is 0.0417. The maximum absolute atomic E-state index is 12.9. The van der Waals surface area contributed by atoms with Crippen LogP contribution in [-0.2, 0) is 16.1 Å². The molecule has 168 valence electrons. The van der Waals surface area contributed by atoms with Crippen LogP contribution in [0.4, 0.5) is 5.69 Å². The summed E-state index contributed by atoms with van der Waals surface area (Å²) in [5.74, 6) is 0.801. The van der Waals surface area contributed by atoms with Gasteiger partial charge in [0.2, 0.25) is 11.8 Å². The molecule has 0 radical (unpaired) electrons. The lowest BCUT2D eigenvalue weighted by Gasteiger charge is -2.21. The number of hydrogen-bond acceptors (Lipinski definition) is 7. The van der Waals surface area contributed by atoms with Crippen LogP contribution in [0.15, 0.2) is 41.1 Å². The Morgan fingerprint density at radius 2 is 1.94 bits per heavy atom. The number of pyridine rings is 1. The van der Waals surface area contributed by atoms with Crippen LogP contribution in [0.1, 0.15) is 29.2 Å². The molecule has 0 aliphatic carbocycles. The van der Waals surface area contributed by atoms with Gasteiger partial charge >= 0.3 is 0 Å². The third-order valence-corrected chi connectivity index (χ3v) is 5.89. The zero-order valence-electron chi connectivity index (χ0n) is 18.6. The molecule has 1 aromatic carbocycles. The topological polar surface area (TPSA) is 119 Å². The molecule has 1 aliphatic rings. The first kappa shape index (κ1) is 20.8. The fraction of sp³-hybridized carbons (Fsp3) is 0.304. The average Bonchev–Trinajstić information content (AvgIpc) is 3.51. The summed E-state index contributed by atoms with van der Waals surface area (Å²) >= 11 is 0. The summed E-state index contributed by atoms with van der Waals surface area (Å²) in [6.45, 7) is 6.23. The number of amides is 2. The number of rotatable bonds is 5. The Labute approximate surface area is 189 Å². The summed E-state index contributed by atoms with van der Waals surface area (Å²) in [6.07, 6.45) is 1.99. The molecule has 1 unspecified atom stereocenters. The summed E-state index contributed by atoms with van der Waals surface area (Å²) in [6, 6.07) is 9.57. The Morgan fingerprint density at radius 1 is 1.15 bits per heavy atom. The van der Waals surface area contributed by atoms with Gasteiger partial charge in [-0.05, 0) is 44.0 Å². The number of nitrogens with zero attached hydrogens (tertiary/aromatic N) is 6. The molecule has 0 spiro atoms. The Bertz CT molecular complexity index is 1350. The first-order valence-corrected chi connectivity index (χ1v) is 10.7. The summed E-state index contributed by atoms with van der Waals surface area (Å²) in [4.78, 5) is 31.5. The zero-order chi connectivity index (χ0) is 23.1. The molecule has 1 saturated heterocycles. The van der Waals surface area contributed by atoms with Gasteiger partial charge in [-0.1, -0.05) is 23.4 Å². The second-order valence-corrected chi connectivity index (χ2v) is 8.24. The van der Waals surface area contributed by atoms with Crippen molar-refractivity contribution < 1.29 is 14.1 Å². The summed E-state index contributed by atoms with van der Waals surface area (Å²) < 4.78 is 7.03. The normalized spacial score (nSPS) is 16.0. The summed E-state index contributed by atoms with van der Waals surface area (Å²) in [5.41, 5.74) is 4.15. The van der Waals surface area contributed by atoms with Crippen molar-refractivity contribution in [3.05, 3.63) is 59.3 Å². The smallest absolute Gasteiger partial charge is 0.261 e. The molecule has 4 heterocycles. The van der Waals surface area contributed by atoms with Crippen LogP contribution in [0.25, 0.3) is 17.1 Å². The standard InChI is InChI=1S/C23H23N7O3/c1-13-6-4-7-14(2)20(13)30-12-16(10-19(30)31)22(32)24-11-18-26-27-21-17(8-5-9-29(18)21)23-25-15(3)28-33-23/h4-9,16H,10-12H2,1-3H3,(H,24,32). The highest BCUT2D eigenvalue weighted by atomic mass is 16.5. The molecule has 4 aromatic rings. The van der Waals surface area contributed by atoms with E-state index in [4.69, 9.17) is 4.52 Å². The highest BCUT2D eigenvalue weighted by Gasteiger charge is 2.36. The van der Waals surface area contributed by atoms with Crippen LogP contribution in [-0.4, -0.2) is 43.1 Å². The van der Waals surface area contributed by atoms with E-state index in [1.807, 2.05) is 50.4 Å². The fourth-order valence-corrected chi connectivity index (χ4v) is 4.30. The van der Waals surface area contributed by atoms with Crippen LogP contribution in [0, 0.1) is 26.7 Å². The van der Waals surface area contributed by atoms with E-state index in [9.17, 15) is 9.59 Å². The van der Waals surface area contributed by atoms with E-state index in [0.717, 1.165) is 16.8 Å². The van der Waals surface area contributed by atoms with Crippen molar-refractivity contribution in [2.75, 3.05) is 11.4 Å². The predicted octanol–water partition coefficient (Wildman–Crippen LogP) is 2.37. The van der Waals surface area contributed by atoms with Crippen molar-refractivity contribution in [3.8, 4) is 11.5 Å². The van der Waals surface area contributed by atoms with Crippen LogP contribution in [0.3, 0.4) is 0 Å². The van der Waals surface area contributed by atoms with E-state index in [1.54, 1.807) is 16.2 Å². The largest absolute Gasteiger partial charge is 0.348 e. The molecule has 5 rings (SSSR count). The van der Waals surface area contributed by atoms with E-state index in [-0.39, 0.29) is 24.8 Å². The molecule has 1 N–H and O–H groups in total. The number of nitrogens with one attached hydrogen (secondary N) is 1. The Kier molecular flexibility index (Phi) is 5.12. The number of aryl methyl sites for hydroxylation is 3. The van der Waals surface area contributed by atoms with Crippen molar-refractivity contribution in [3.63, 3.8) is 0 Å². The number of carbonyl (C=O) groups is 2. The highest BCUT2D eigenvalue weighted by molar-refractivity contribution is 6.01. The lowest BCUT2D eigenvalue weighted by Crippen LogP contribution is -2.33. The van der Waals surface area contributed by atoms with Crippen molar-refractivity contribution in [1.29, 1.82) is 0 Å². The van der Waals surface area contributed by atoms with Gasteiger partial charge in [0.15, 0.2) is 17.3 Å². The van der Waals surface area contributed by atoms with Crippen molar-refractivity contribution in [2.45, 2.75) is 33.7 Å². The third kappa shape index (κ3) is 3.73. The Balaban J connectivity index is 1.30. The van der Waals surface area contributed by atoms with Gasteiger partial charge in [-0.15, -0.1) is 10.2 Å². The molecule has 3 aromatic heterocycles. The molecule has 1 aliphatic heterocycles. The first-order valence-electron chi connectivity index (χ1n) is 10.7. The number of para-hydroxylation sites is 1. The number of benzene rings is 1. The average molecular weight is 445 g/mol. The second kappa shape index (κ2) is 8.12. The number of anilines is 1. The molecule has 2 amide bonds. The molecule has 33 heavy (non-hydrogen) atoms. The maximum Gasteiger partial charge on any atom is 0.261 e. The van der Waals surface area contributed by atoms with Gasteiger partial charge in [0.1, 0.15) is 0 Å². The number of carbonyl (C=O) groups excluding carboxylic acids is 2. The first-order chi connectivity index (χ1) is 15.9. The van der Waals surface area contributed by atoms with E-state index < -0.39 is 5.92 Å². The molecule has 0 saturated carbocycles. The Hall–Kier alpha value is -4.08. The number of hydrogen-bond donors (Lipinski definition) is 1. The van der Waals surface area contributed by atoms with Gasteiger partial charge in [0.05, 0.1) is 18.0 Å². The molecule has 1 atom stereocenters. The van der Waals surface area contributed by atoms with Crippen LogP contribution in [0.5, 0.6) is 0 Å². The van der Waals surface area contributed by atoms with Crippen molar-refractivity contribution in [1.82, 2.24) is 30.1 Å². The summed E-state index contributed by atoms with van der Waals surface area (Å²) in [5, 5.41) is 15.2. The third-order valence-electron chi connectivity index (χ3n) is 5.89. The minimum atomic E-state index is -0.423. The van der Waals surface area contributed by atoms with Gasteiger partial charge in [-0.3, -0.25) is 14.0 Å². The number of fused-ring (bicyclic) bond motifs is 1. The maximum atomic E-state index is 12.9. The molecular formula is C23H23N7O3. The molecular weight excluding hydrogens is 422 g/mol. The Morgan fingerprint density at radius 3 is 2.67 bits per heavy atom. The lowest BCUT2D eigenvalue weighted by molar-refractivity contribution is -0.126. The molecule has 0 bridgehead atoms. The molecule has 1 fully saturated rings. The second-order valence-electron chi connectivity index (χ2n) is 8.24. The number of aromatic nitrogens is 5. The SMILES string of the molecule is Cc1noc(-c2cccn3c(CNC(=O)C4CC(=O)N(c5c(C)cccc5C)C4)nnc23)n1. The molecule has 10 heteroatoms. The van der Waals surface area contributed by atoms with E-state index in [1.165, 1.54) is 0 Å². The quantitative estimate of drug-likeness (QED) is 0.501. The zero-order valence-corrected chi connectivity index (χ0v) is 18.6. The van der Waals surface area contributed by atoms with E-state index in [2.05, 4.69) is 25.7 Å². The predicted molar refractivity (Wildman–Crippen MR) is 119 cm³/mol. The van der Waals surface area contributed by atoms with Crippen LogP contribution in [0.2, 0.25) is 0 Å². The monoisotopic (exact) mass is 445 g/mol. The van der Waals surface area contributed by atoms with Crippen LogP contribution >= 0.6 is 0 Å². The van der Waals surface area contributed by atoms with Gasteiger partial charge < -0.3 is 14.7 Å².